The van der Waals surface area contributed by atoms with Crippen molar-refractivity contribution in [3.8, 4) is 0 Å². The molecule has 0 heterocycles. The van der Waals surface area contributed by atoms with Crippen LogP contribution in [-0.2, 0) is 25.7 Å². The molecule has 0 amide bonds. The Hall–Kier alpha value is -2.19. The van der Waals surface area contributed by atoms with E-state index in [0.717, 1.165) is 12.8 Å². The molecule has 2 unspecified atom stereocenters. The fourth-order valence-electron chi connectivity index (χ4n) is 3.35. The Kier molecular flexibility index (Phi) is 8.40. The molecule has 0 saturated heterocycles. The number of carbonyl (C=O) groups is 2. The third-order valence-corrected chi connectivity index (χ3v) is 5.02. The molecule has 1 aliphatic rings. The van der Waals surface area contributed by atoms with Gasteiger partial charge in [0.05, 0.1) is 24.0 Å². The van der Waals surface area contributed by atoms with Crippen molar-refractivity contribution in [1.82, 2.24) is 0 Å². The third kappa shape index (κ3) is 5.45. The fraction of sp³-hybridized carbons (Fsp3) is 0.600. The minimum absolute atomic E-state index is 0.232. The summed E-state index contributed by atoms with van der Waals surface area (Å²) in [6, 6.07) is 0. The first kappa shape index (κ1) is 23.1. The summed E-state index contributed by atoms with van der Waals surface area (Å²) in [6.07, 6.45) is 4.60. The molecule has 1 aliphatic carbocycles. The van der Waals surface area contributed by atoms with E-state index in [1.165, 1.54) is 0 Å². The normalized spacial score (nSPS) is 19.1. The quantitative estimate of drug-likeness (QED) is 0.195. The summed E-state index contributed by atoms with van der Waals surface area (Å²) >= 11 is 0. The molecular weight excluding hydrogens is 399 g/mol. The Balaban J connectivity index is 2.04. The number of hydrogen-bond acceptors (Lipinski definition) is 4. The molecule has 2 rings (SSSR count). The van der Waals surface area contributed by atoms with Crippen LogP contribution >= 0.6 is 0 Å². The first-order valence-electron chi connectivity index (χ1n) is 9.63. The van der Waals surface area contributed by atoms with Crippen LogP contribution in [0.4, 0.5) is 22.0 Å². The van der Waals surface area contributed by atoms with Crippen molar-refractivity contribution < 1.29 is 41.0 Å². The molecule has 4 nitrogen and oxygen atoms in total. The fourth-order valence-corrected chi connectivity index (χ4v) is 3.35. The van der Waals surface area contributed by atoms with E-state index >= 15 is 0 Å². The molecule has 2 atom stereocenters. The highest BCUT2D eigenvalue weighted by Crippen LogP contribution is 2.33. The van der Waals surface area contributed by atoms with E-state index in [-0.39, 0.29) is 6.61 Å². The largest absolute Gasteiger partial charge is 0.465 e. The molecule has 29 heavy (non-hydrogen) atoms. The monoisotopic (exact) mass is 422 g/mol. The van der Waals surface area contributed by atoms with E-state index in [0.29, 0.717) is 32.1 Å². The number of hydrogen-bond donors (Lipinski definition) is 0. The van der Waals surface area contributed by atoms with Crippen LogP contribution in [0.3, 0.4) is 0 Å². The second-order valence-electron chi connectivity index (χ2n) is 7.03. The molecule has 1 aromatic rings. The van der Waals surface area contributed by atoms with Gasteiger partial charge in [0.15, 0.2) is 23.3 Å². The van der Waals surface area contributed by atoms with E-state index in [2.05, 4.69) is 0 Å². The molecule has 1 fully saturated rings. The second-order valence-corrected chi connectivity index (χ2v) is 7.03. The van der Waals surface area contributed by atoms with Crippen molar-refractivity contribution >= 4 is 11.9 Å². The van der Waals surface area contributed by atoms with Gasteiger partial charge in [0.2, 0.25) is 5.82 Å². The van der Waals surface area contributed by atoms with Gasteiger partial charge in [0.1, 0.15) is 6.61 Å². The molecule has 0 spiro atoms. The molecule has 0 radical (unpaired) electrons. The maximum absolute atomic E-state index is 13.7. The van der Waals surface area contributed by atoms with Gasteiger partial charge in [-0.1, -0.05) is 32.6 Å². The summed E-state index contributed by atoms with van der Waals surface area (Å²) in [4.78, 5) is 24.7. The van der Waals surface area contributed by atoms with E-state index < -0.39 is 65.0 Å². The van der Waals surface area contributed by atoms with Gasteiger partial charge in [0, 0.05) is 0 Å². The highest BCUT2D eigenvalue weighted by atomic mass is 19.2. The number of rotatable bonds is 8. The molecule has 9 heteroatoms. The van der Waals surface area contributed by atoms with Crippen molar-refractivity contribution in [3.63, 3.8) is 0 Å². The standard InChI is InChI=1S/C20H23F5O4/c1-2-3-6-9-28-19(26)11-7-4-5-8-12(11)20(27)29-10-13-14(21)16(23)18(25)17(24)15(13)22/h11-12H,2-10H2,1H3. The summed E-state index contributed by atoms with van der Waals surface area (Å²) in [7, 11) is 0. The van der Waals surface area contributed by atoms with Gasteiger partial charge in [-0.15, -0.1) is 0 Å². The minimum atomic E-state index is -2.28. The topological polar surface area (TPSA) is 52.6 Å². The Morgan fingerprint density at radius 2 is 1.28 bits per heavy atom. The van der Waals surface area contributed by atoms with Gasteiger partial charge in [-0.25, -0.2) is 22.0 Å². The number of carbonyl (C=O) groups excluding carboxylic acids is 2. The van der Waals surface area contributed by atoms with Crippen LogP contribution in [-0.4, -0.2) is 18.5 Å². The number of halogens is 5. The summed E-state index contributed by atoms with van der Waals surface area (Å²) in [5.74, 6) is -13.7. The van der Waals surface area contributed by atoms with Gasteiger partial charge < -0.3 is 9.47 Å². The highest BCUT2D eigenvalue weighted by molar-refractivity contribution is 5.82. The molecule has 0 bridgehead atoms. The summed E-state index contributed by atoms with van der Waals surface area (Å²) < 4.78 is 77.1. The van der Waals surface area contributed by atoms with Gasteiger partial charge in [-0.2, -0.15) is 0 Å². The van der Waals surface area contributed by atoms with Crippen LogP contribution in [0.25, 0.3) is 0 Å². The van der Waals surface area contributed by atoms with Crippen LogP contribution in [0.5, 0.6) is 0 Å². The Bertz CT molecular complexity index is 724. The minimum Gasteiger partial charge on any atom is -0.465 e. The summed E-state index contributed by atoms with van der Waals surface area (Å²) in [5.41, 5.74) is -1.23. The molecule has 0 aromatic heterocycles. The third-order valence-electron chi connectivity index (χ3n) is 5.02. The Labute approximate surface area is 165 Å². The lowest BCUT2D eigenvalue weighted by molar-refractivity contribution is -0.163. The van der Waals surface area contributed by atoms with Crippen LogP contribution in [0.1, 0.15) is 57.4 Å². The van der Waals surface area contributed by atoms with Crippen molar-refractivity contribution in [2.75, 3.05) is 6.61 Å². The first-order valence-corrected chi connectivity index (χ1v) is 9.63. The van der Waals surface area contributed by atoms with Gasteiger partial charge >= 0.3 is 11.9 Å². The van der Waals surface area contributed by atoms with Crippen molar-refractivity contribution in [2.45, 2.75) is 58.5 Å². The second kappa shape index (κ2) is 10.5. The summed E-state index contributed by atoms with van der Waals surface area (Å²) in [6.45, 7) is 1.11. The SMILES string of the molecule is CCCCCOC(=O)C1CCCCC1C(=O)OCc1c(F)c(F)c(F)c(F)c1F. The van der Waals surface area contributed by atoms with Gasteiger partial charge in [0.25, 0.3) is 0 Å². The zero-order valence-corrected chi connectivity index (χ0v) is 16.0. The van der Waals surface area contributed by atoms with E-state index in [1.54, 1.807) is 0 Å². The predicted octanol–water partition coefficient (Wildman–Crippen LogP) is 4.97. The average Bonchev–Trinajstić information content (AvgIpc) is 2.73. The van der Waals surface area contributed by atoms with Crippen molar-refractivity contribution in [1.29, 1.82) is 0 Å². The van der Waals surface area contributed by atoms with Crippen LogP contribution in [0.15, 0.2) is 0 Å². The number of esters is 2. The summed E-state index contributed by atoms with van der Waals surface area (Å²) in [5, 5.41) is 0. The molecule has 1 aromatic carbocycles. The lowest BCUT2D eigenvalue weighted by atomic mass is 9.79. The smallest absolute Gasteiger partial charge is 0.310 e. The predicted molar refractivity (Wildman–Crippen MR) is 92.0 cm³/mol. The molecule has 0 N–H and O–H groups in total. The van der Waals surface area contributed by atoms with E-state index in [1.807, 2.05) is 6.92 Å². The molecule has 1 saturated carbocycles. The van der Waals surface area contributed by atoms with E-state index in [9.17, 15) is 31.5 Å². The molecule has 0 aliphatic heterocycles. The zero-order valence-electron chi connectivity index (χ0n) is 16.0. The maximum atomic E-state index is 13.7. The molecular formula is C20H23F5O4. The maximum Gasteiger partial charge on any atom is 0.310 e. The van der Waals surface area contributed by atoms with Gasteiger partial charge in [-0.3, -0.25) is 9.59 Å². The number of benzene rings is 1. The van der Waals surface area contributed by atoms with Crippen LogP contribution in [0.2, 0.25) is 0 Å². The number of unbranched alkanes of at least 4 members (excludes halogenated alkanes) is 2. The zero-order chi connectivity index (χ0) is 21.6. The lowest BCUT2D eigenvalue weighted by Gasteiger charge is -2.28. The van der Waals surface area contributed by atoms with Crippen molar-refractivity contribution in [3.05, 3.63) is 34.6 Å². The van der Waals surface area contributed by atoms with Crippen LogP contribution < -0.4 is 0 Å². The lowest BCUT2D eigenvalue weighted by Crippen LogP contribution is -2.35. The number of ether oxygens (including phenoxy) is 2. The van der Waals surface area contributed by atoms with Crippen molar-refractivity contribution in [2.24, 2.45) is 11.8 Å². The Morgan fingerprint density at radius 3 is 1.79 bits per heavy atom. The van der Waals surface area contributed by atoms with Gasteiger partial charge in [-0.05, 0) is 19.3 Å². The Morgan fingerprint density at radius 1 is 0.793 bits per heavy atom. The van der Waals surface area contributed by atoms with Crippen LogP contribution in [0, 0.1) is 40.9 Å². The first-order chi connectivity index (χ1) is 13.8. The molecule has 162 valence electrons. The highest BCUT2D eigenvalue weighted by Gasteiger charge is 2.38. The van der Waals surface area contributed by atoms with E-state index in [4.69, 9.17) is 9.47 Å². The average molecular weight is 422 g/mol.